The summed E-state index contributed by atoms with van der Waals surface area (Å²) in [6.45, 7) is 6.08. The van der Waals surface area contributed by atoms with Crippen LogP contribution >= 0.6 is 0 Å². The third-order valence-corrected chi connectivity index (χ3v) is 8.00. The van der Waals surface area contributed by atoms with Gasteiger partial charge in [0, 0.05) is 6.54 Å². The molecule has 0 spiro atoms. The number of carbonyl (C=O) groups excluding carboxylic acids is 1. The minimum absolute atomic E-state index is 0.154. The predicted molar refractivity (Wildman–Crippen MR) is 147 cm³/mol. The Balaban J connectivity index is 1.50. The van der Waals surface area contributed by atoms with E-state index in [1.807, 2.05) is 32.0 Å². The maximum absolute atomic E-state index is 13.5. The quantitative estimate of drug-likeness (QED) is 0.323. The molecule has 0 fully saturated rings. The molecule has 1 unspecified atom stereocenters. The minimum atomic E-state index is -3.92. The molecule has 0 bridgehead atoms. The lowest BCUT2D eigenvalue weighted by Gasteiger charge is -2.25. The molecule has 6 heteroatoms. The van der Waals surface area contributed by atoms with E-state index in [1.54, 1.807) is 42.5 Å². The van der Waals surface area contributed by atoms with Gasteiger partial charge in [0.1, 0.15) is 6.54 Å². The average molecular weight is 501 g/mol. The van der Waals surface area contributed by atoms with E-state index in [0.29, 0.717) is 12.2 Å². The number of amides is 1. The lowest BCUT2D eigenvalue weighted by atomic mass is 9.96. The van der Waals surface area contributed by atoms with Gasteiger partial charge in [0.25, 0.3) is 10.0 Å². The molecule has 0 saturated carbocycles. The summed E-state index contributed by atoms with van der Waals surface area (Å²) >= 11 is 0. The van der Waals surface area contributed by atoms with Crippen LogP contribution in [0.5, 0.6) is 0 Å². The molecule has 36 heavy (non-hydrogen) atoms. The van der Waals surface area contributed by atoms with E-state index < -0.39 is 10.0 Å². The van der Waals surface area contributed by atoms with Gasteiger partial charge in [0.2, 0.25) is 5.91 Å². The zero-order valence-corrected chi connectivity index (χ0v) is 21.8. The van der Waals surface area contributed by atoms with Gasteiger partial charge in [-0.3, -0.25) is 9.10 Å². The molecule has 0 aliphatic rings. The number of benzene rings is 4. The Kier molecular flexibility index (Phi) is 7.75. The van der Waals surface area contributed by atoms with E-state index >= 15 is 0 Å². The molecule has 0 heterocycles. The summed E-state index contributed by atoms with van der Waals surface area (Å²) in [5.41, 5.74) is 3.58. The summed E-state index contributed by atoms with van der Waals surface area (Å²) in [7, 11) is -3.92. The van der Waals surface area contributed by atoms with Gasteiger partial charge in [0.15, 0.2) is 0 Å². The van der Waals surface area contributed by atoms with Crippen LogP contribution < -0.4 is 9.62 Å². The van der Waals surface area contributed by atoms with Crippen molar-refractivity contribution in [2.75, 3.05) is 17.4 Å². The number of nitrogens with zero attached hydrogens (tertiary/aromatic N) is 1. The van der Waals surface area contributed by atoms with Crippen molar-refractivity contribution in [1.29, 1.82) is 0 Å². The van der Waals surface area contributed by atoms with E-state index in [0.717, 1.165) is 17.5 Å². The molecular formula is C30H32N2O3S. The van der Waals surface area contributed by atoms with Gasteiger partial charge in [-0.2, -0.15) is 0 Å². The van der Waals surface area contributed by atoms with Crippen LogP contribution in [-0.4, -0.2) is 27.4 Å². The van der Waals surface area contributed by atoms with Crippen LogP contribution in [0.1, 0.15) is 23.6 Å². The Hall–Kier alpha value is -3.64. The summed E-state index contributed by atoms with van der Waals surface area (Å²) < 4.78 is 28.3. The topological polar surface area (TPSA) is 66.5 Å². The fraction of sp³-hybridized carbons (Fsp3) is 0.233. The van der Waals surface area contributed by atoms with Crippen LogP contribution in [0.4, 0.5) is 5.69 Å². The Morgan fingerprint density at radius 2 is 1.50 bits per heavy atom. The molecule has 1 atom stereocenters. The van der Waals surface area contributed by atoms with E-state index in [2.05, 4.69) is 42.6 Å². The number of fused-ring (bicyclic) bond motifs is 1. The Labute approximate surface area is 213 Å². The number of sulfonamides is 1. The van der Waals surface area contributed by atoms with Crippen molar-refractivity contribution >= 4 is 32.4 Å². The third-order valence-electron chi connectivity index (χ3n) is 6.21. The third kappa shape index (κ3) is 5.94. The van der Waals surface area contributed by atoms with E-state index in [1.165, 1.54) is 20.6 Å². The lowest BCUT2D eigenvalue weighted by molar-refractivity contribution is -0.119. The fourth-order valence-electron chi connectivity index (χ4n) is 4.52. The van der Waals surface area contributed by atoms with Gasteiger partial charge in [-0.15, -0.1) is 0 Å². The molecule has 0 aliphatic carbocycles. The first-order valence-electron chi connectivity index (χ1n) is 12.1. The van der Waals surface area contributed by atoms with Gasteiger partial charge in [0.05, 0.1) is 10.6 Å². The molecule has 4 rings (SSSR count). The minimum Gasteiger partial charge on any atom is -0.354 e. The second-order valence-electron chi connectivity index (χ2n) is 9.42. The summed E-state index contributed by atoms with van der Waals surface area (Å²) in [5, 5.41) is 5.37. The summed E-state index contributed by atoms with van der Waals surface area (Å²) in [5.74, 6) is -0.154. The lowest BCUT2D eigenvalue weighted by Crippen LogP contribution is -2.42. The van der Waals surface area contributed by atoms with Crippen molar-refractivity contribution in [3.05, 3.63) is 108 Å². The highest BCUT2D eigenvalue weighted by Crippen LogP contribution is 2.26. The SMILES string of the molecule is Cc1cc(C)cc(N(CC(=O)NCC(C)Cc2cccc3ccccc23)S(=O)(=O)c2ccccc2)c1. The molecular weight excluding hydrogens is 468 g/mol. The molecule has 4 aromatic carbocycles. The number of aryl methyl sites for hydroxylation is 2. The highest BCUT2D eigenvalue weighted by molar-refractivity contribution is 7.92. The van der Waals surface area contributed by atoms with E-state index in [4.69, 9.17) is 0 Å². The Bertz CT molecular complexity index is 1440. The first kappa shape index (κ1) is 25.5. The monoisotopic (exact) mass is 500 g/mol. The molecule has 1 amide bonds. The standard InChI is InChI=1S/C30H32N2O3S/c1-22-16-23(2)19-27(18-22)32(36(34,35)28-13-5-4-6-14-28)21-30(33)31-20-24(3)17-26-12-9-11-25-10-7-8-15-29(25)26/h4-16,18-19,24H,17,20-21H2,1-3H3,(H,31,33). The fourth-order valence-corrected chi connectivity index (χ4v) is 5.95. The largest absolute Gasteiger partial charge is 0.354 e. The molecule has 1 N–H and O–H groups in total. The maximum atomic E-state index is 13.5. The smallest absolute Gasteiger partial charge is 0.264 e. The molecule has 0 saturated heterocycles. The molecule has 5 nitrogen and oxygen atoms in total. The number of rotatable bonds is 9. The normalized spacial score (nSPS) is 12.3. The second-order valence-corrected chi connectivity index (χ2v) is 11.3. The van der Waals surface area contributed by atoms with Crippen molar-refractivity contribution < 1.29 is 13.2 Å². The number of hydrogen-bond acceptors (Lipinski definition) is 3. The number of nitrogens with one attached hydrogen (secondary N) is 1. The van der Waals surface area contributed by atoms with Crippen LogP contribution in [0.2, 0.25) is 0 Å². The number of hydrogen-bond donors (Lipinski definition) is 1. The maximum Gasteiger partial charge on any atom is 0.264 e. The summed E-state index contributed by atoms with van der Waals surface area (Å²) in [6.07, 6.45) is 0.810. The second kappa shape index (κ2) is 11.0. The molecule has 186 valence electrons. The van der Waals surface area contributed by atoms with Gasteiger partial charge < -0.3 is 5.32 Å². The molecule has 0 aliphatic heterocycles. The van der Waals surface area contributed by atoms with Crippen molar-refractivity contribution in [2.24, 2.45) is 5.92 Å². The number of anilines is 1. The van der Waals surface area contributed by atoms with Crippen molar-refractivity contribution in [3.8, 4) is 0 Å². The zero-order valence-electron chi connectivity index (χ0n) is 20.9. The van der Waals surface area contributed by atoms with Crippen LogP contribution in [0, 0.1) is 19.8 Å². The van der Waals surface area contributed by atoms with Crippen molar-refractivity contribution in [1.82, 2.24) is 5.32 Å². The average Bonchev–Trinajstić information content (AvgIpc) is 2.86. The van der Waals surface area contributed by atoms with Crippen molar-refractivity contribution in [2.45, 2.75) is 32.1 Å². The molecule has 0 aromatic heterocycles. The van der Waals surface area contributed by atoms with Crippen LogP contribution in [0.15, 0.2) is 95.9 Å². The molecule has 4 aromatic rings. The van der Waals surface area contributed by atoms with Crippen LogP contribution in [-0.2, 0) is 21.2 Å². The first-order valence-corrected chi connectivity index (χ1v) is 13.6. The van der Waals surface area contributed by atoms with Gasteiger partial charge >= 0.3 is 0 Å². The predicted octanol–water partition coefficient (Wildman–Crippen LogP) is 5.65. The van der Waals surface area contributed by atoms with Crippen molar-refractivity contribution in [3.63, 3.8) is 0 Å². The van der Waals surface area contributed by atoms with Crippen LogP contribution in [0.25, 0.3) is 10.8 Å². The first-order chi connectivity index (χ1) is 17.2. The summed E-state index contributed by atoms with van der Waals surface area (Å²) in [6, 6.07) is 28.4. The highest BCUT2D eigenvalue weighted by Gasteiger charge is 2.27. The highest BCUT2D eigenvalue weighted by atomic mass is 32.2. The summed E-state index contributed by atoms with van der Waals surface area (Å²) in [4.78, 5) is 13.2. The van der Waals surface area contributed by atoms with E-state index in [9.17, 15) is 13.2 Å². The Morgan fingerprint density at radius 3 is 2.22 bits per heavy atom. The van der Waals surface area contributed by atoms with Gasteiger partial charge in [-0.25, -0.2) is 8.42 Å². The Morgan fingerprint density at radius 1 is 0.861 bits per heavy atom. The van der Waals surface area contributed by atoms with Gasteiger partial charge in [-0.1, -0.05) is 73.7 Å². The van der Waals surface area contributed by atoms with Crippen LogP contribution in [0.3, 0.4) is 0 Å². The van der Waals surface area contributed by atoms with Gasteiger partial charge in [-0.05, 0) is 77.9 Å². The zero-order chi connectivity index (χ0) is 25.7. The number of carbonyl (C=O) groups is 1. The van der Waals surface area contributed by atoms with E-state index in [-0.39, 0.29) is 23.3 Å². The molecule has 0 radical (unpaired) electrons.